The van der Waals surface area contributed by atoms with Gasteiger partial charge in [0, 0.05) is 12.3 Å². The van der Waals surface area contributed by atoms with Crippen molar-refractivity contribution >= 4 is 11.6 Å². The average Bonchev–Trinajstić information content (AvgIpc) is 2.19. The number of benzene rings is 1. The molecular formula is C11H8ClF3O. The van der Waals surface area contributed by atoms with E-state index in [9.17, 15) is 18.3 Å². The summed E-state index contributed by atoms with van der Waals surface area (Å²) in [4.78, 5) is 0. The molecule has 86 valence electrons. The van der Waals surface area contributed by atoms with Gasteiger partial charge in [-0.05, 0) is 18.2 Å². The first-order valence-electron chi connectivity index (χ1n) is 4.40. The number of hydrogen-bond donors (Lipinski definition) is 1. The van der Waals surface area contributed by atoms with Crippen molar-refractivity contribution in [2.75, 3.05) is 5.88 Å². The molecule has 1 nitrogen and oxygen atoms in total. The van der Waals surface area contributed by atoms with Crippen molar-refractivity contribution in [3.63, 3.8) is 0 Å². The number of halogens is 4. The van der Waals surface area contributed by atoms with Gasteiger partial charge in [0.2, 0.25) is 0 Å². The lowest BCUT2D eigenvalue weighted by atomic mass is 10.1. The summed E-state index contributed by atoms with van der Waals surface area (Å²) in [5.74, 6) is 5.03. The Morgan fingerprint density at radius 2 is 2.00 bits per heavy atom. The average molecular weight is 249 g/mol. The molecule has 1 rings (SSSR count). The van der Waals surface area contributed by atoms with E-state index in [-0.39, 0.29) is 5.56 Å². The molecule has 1 aromatic carbocycles. The SMILES string of the molecule is Oc1cc(C(F)(F)F)ccc1C#CCCCl. The van der Waals surface area contributed by atoms with Gasteiger partial charge >= 0.3 is 6.18 Å². The van der Waals surface area contributed by atoms with Crippen molar-refractivity contribution < 1.29 is 18.3 Å². The van der Waals surface area contributed by atoms with Crippen LogP contribution in [0.2, 0.25) is 0 Å². The van der Waals surface area contributed by atoms with E-state index in [4.69, 9.17) is 11.6 Å². The summed E-state index contributed by atoms with van der Waals surface area (Å²) in [5, 5.41) is 9.32. The molecule has 0 spiro atoms. The lowest BCUT2D eigenvalue weighted by Gasteiger charge is -2.07. The first kappa shape index (κ1) is 12.7. The highest BCUT2D eigenvalue weighted by atomic mass is 35.5. The Balaban J connectivity index is 2.98. The molecule has 0 aliphatic heterocycles. The van der Waals surface area contributed by atoms with Crippen LogP contribution >= 0.6 is 11.6 Å². The van der Waals surface area contributed by atoms with Gasteiger partial charge in [-0.3, -0.25) is 0 Å². The quantitative estimate of drug-likeness (QED) is 0.597. The number of phenolic OH excluding ortho intramolecular Hbond substituents is 1. The molecule has 0 fully saturated rings. The van der Waals surface area contributed by atoms with Crippen molar-refractivity contribution in [2.45, 2.75) is 12.6 Å². The van der Waals surface area contributed by atoms with E-state index >= 15 is 0 Å². The van der Waals surface area contributed by atoms with Crippen molar-refractivity contribution in [1.29, 1.82) is 0 Å². The van der Waals surface area contributed by atoms with Gasteiger partial charge in [-0.1, -0.05) is 11.8 Å². The number of hydrogen-bond acceptors (Lipinski definition) is 1. The molecule has 1 aromatic rings. The molecule has 0 amide bonds. The van der Waals surface area contributed by atoms with Gasteiger partial charge in [0.1, 0.15) is 5.75 Å². The Labute approximate surface area is 95.8 Å². The van der Waals surface area contributed by atoms with Gasteiger partial charge in [0.05, 0.1) is 11.1 Å². The molecule has 0 aliphatic rings. The fraction of sp³-hybridized carbons (Fsp3) is 0.273. The van der Waals surface area contributed by atoms with Crippen LogP contribution in [0.1, 0.15) is 17.5 Å². The standard InChI is InChI=1S/C11H8ClF3O/c12-6-2-1-3-8-4-5-9(7-10(8)16)11(13,14)15/h4-5,7,16H,2,6H2. The number of phenols is 1. The van der Waals surface area contributed by atoms with E-state index in [0.29, 0.717) is 18.4 Å². The Bertz CT molecular complexity index is 429. The zero-order chi connectivity index (χ0) is 12.2. The molecule has 0 saturated heterocycles. The maximum atomic E-state index is 12.2. The summed E-state index contributed by atoms with van der Waals surface area (Å²) >= 11 is 5.38. The van der Waals surface area contributed by atoms with Crippen LogP contribution in [-0.4, -0.2) is 11.0 Å². The molecule has 0 aliphatic carbocycles. The minimum absolute atomic E-state index is 0.165. The molecule has 0 radical (unpaired) electrons. The van der Waals surface area contributed by atoms with Crippen LogP contribution in [0.15, 0.2) is 18.2 Å². The third kappa shape index (κ3) is 3.35. The number of alkyl halides is 4. The summed E-state index contributed by atoms with van der Waals surface area (Å²) in [6, 6.07) is 2.68. The Hall–Kier alpha value is -1.34. The van der Waals surface area contributed by atoms with Gasteiger partial charge in [0.15, 0.2) is 0 Å². The second-order valence-corrected chi connectivity index (χ2v) is 3.35. The molecule has 16 heavy (non-hydrogen) atoms. The first-order valence-corrected chi connectivity index (χ1v) is 4.93. The van der Waals surface area contributed by atoms with Crippen LogP contribution in [0.4, 0.5) is 13.2 Å². The molecule has 0 unspecified atom stereocenters. The third-order valence-electron chi connectivity index (χ3n) is 1.77. The third-order valence-corrected chi connectivity index (χ3v) is 1.96. The molecule has 5 heteroatoms. The van der Waals surface area contributed by atoms with E-state index in [2.05, 4.69) is 11.8 Å². The minimum Gasteiger partial charge on any atom is -0.507 e. The molecule has 0 bridgehead atoms. The maximum absolute atomic E-state index is 12.2. The number of rotatable bonds is 1. The molecule has 0 atom stereocenters. The van der Waals surface area contributed by atoms with Crippen LogP contribution in [0.3, 0.4) is 0 Å². The summed E-state index contributed by atoms with van der Waals surface area (Å²) in [7, 11) is 0. The van der Waals surface area contributed by atoms with E-state index < -0.39 is 17.5 Å². The largest absolute Gasteiger partial charge is 0.507 e. The van der Waals surface area contributed by atoms with Gasteiger partial charge < -0.3 is 5.11 Å². The molecule has 0 saturated carbocycles. The van der Waals surface area contributed by atoms with Crippen LogP contribution < -0.4 is 0 Å². The predicted octanol–water partition coefficient (Wildman–Crippen LogP) is 3.39. The van der Waals surface area contributed by atoms with E-state index in [0.717, 1.165) is 12.1 Å². The van der Waals surface area contributed by atoms with Crippen molar-refractivity contribution in [1.82, 2.24) is 0 Å². The highest BCUT2D eigenvalue weighted by Crippen LogP contribution is 2.32. The molecule has 1 N–H and O–H groups in total. The first-order chi connectivity index (χ1) is 7.45. The van der Waals surface area contributed by atoms with Crippen molar-refractivity contribution in [3.8, 4) is 17.6 Å². The maximum Gasteiger partial charge on any atom is 0.416 e. The highest BCUT2D eigenvalue weighted by Gasteiger charge is 2.30. The number of aromatic hydroxyl groups is 1. The Morgan fingerprint density at radius 1 is 1.31 bits per heavy atom. The fourth-order valence-electron chi connectivity index (χ4n) is 1.02. The van der Waals surface area contributed by atoms with Gasteiger partial charge in [-0.15, -0.1) is 11.6 Å². The predicted molar refractivity (Wildman–Crippen MR) is 55.3 cm³/mol. The van der Waals surface area contributed by atoms with Crippen LogP contribution in [0, 0.1) is 11.8 Å². The Morgan fingerprint density at radius 3 is 2.50 bits per heavy atom. The summed E-state index contributed by atoms with van der Waals surface area (Å²) in [5.41, 5.74) is -0.731. The summed E-state index contributed by atoms with van der Waals surface area (Å²) < 4.78 is 36.7. The van der Waals surface area contributed by atoms with Gasteiger partial charge in [0.25, 0.3) is 0 Å². The fourth-order valence-corrected chi connectivity index (χ4v) is 1.11. The van der Waals surface area contributed by atoms with Gasteiger partial charge in [-0.2, -0.15) is 13.2 Å². The van der Waals surface area contributed by atoms with Crippen molar-refractivity contribution in [2.24, 2.45) is 0 Å². The van der Waals surface area contributed by atoms with E-state index in [1.165, 1.54) is 0 Å². The lowest BCUT2D eigenvalue weighted by Crippen LogP contribution is -2.04. The van der Waals surface area contributed by atoms with E-state index in [1.54, 1.807) is 0 Å². The summed E-state index contributed by atoms with van der Waals surface area (Å²) in [6.45, 7) is 0. The molecular weight excluding hydrogens is 241 g/mol. The Kier molecular flexibility index (Phi) is 4.08. The van der Waals surface area contributed by atoms with Gasteiger partial charge in [-0.25, -0.2) is 0 Å². The normalized spacial score (nSPS) is 10.8. The highest BCUT2D eigenvalue weighted by molar-refractivity contribution is 6.18. The second kappa shape index (κ2) is 5.13. The van der Waals surface area contributed by atoms with E-state index in [1.807, 2.05) is 0 Å². The second-order valence-electron chi connectivity index (χ2n) is 2.97. The lowest BCUT2D eigenvalue weighted by molar-refractivity contribution is -0.137. The van der Waals surface area contributed by atoms with Crippen LogP contribution in [0.5, 0.6) is 5.75 Å². The summed E-state index contributed by atoms with van der Waals surface area (Å²) in [6.07, 6.45) is -4.04. The minimum atomic E-state index is -4.46. The van der Waals surface area contributed by atoms with Crippen molar-refractivity contribution in [3.05, 3.63) is 29.3 Å². The van der Waals surface area contributed by atoms with Crippen LogP contribution in [-0.2, 0) is 6.18 Å². The molecule has 0 aromatic heterocycles. The smallest absolute Gasteiger partial charge is 0.416 e. The zero-order valence-corrected chi connectivity index (χ0v) is 8.86. The topological polar surface area (TPSA) is 20.2 Å². The monoisotopic (exact) mass is 248 g/mol. The zero-order valence-electron chi connectivity index (χ0n) is 8.11. The molecule has 0 heterocycles. The van der Waals surface area contributed by atoms with Crippen LogP contribution in [0.25, 0.3) is 0 Å².